The number of amides is 1. The molecule has 0 aromatic carbocycles. The third-order valence-electron chi connectivity index (χ3n) is 0.923. The zero-order valence-electron chi connectivity index (χ0n) is 5.09. The largest absolute Gasteiger partial charge is 0.383 e. The average molecular weight is 117 g/mol. The molecule has 0 unspecified atom stereocenters. The third kappa shape index (κ3) is 1.93. The van der Waals surface area contributed by atoms with Crippen molar-refractivity contribution in [3.05, 3.63) is 0 Å². The van der Waals surface area contributed by atoms with Gasteiger partial charge in [-0.05, 0) is 5.92 Å². The Morgan fingerprint density at radius 1 is 1.62 bits per heavy atom. The van der Waals surface area contributed by atoms with Crippen molar-refractivity contribution in [3.8, 4) is 0 Å². The van der Waals surface area contributed by atoms with E-state index in [4.69, 9.17) is 10.8 Å². The van der Waals surface area contributed by atoms with Crippen LogP contribution in [0.2, 0.25) is 0 Å². The van der Waals surface area contributed by atoms with Gasteiger partial charge in [-0.2, -0.15) is 0 Å². The maximum atomic E-state index is 10.1. The number of hydrogen-bond acceptors (Lipinski definition) is 2. The van der Waals surface area contributed by atoms with Crippen LogP contribution in [0.15, 0.2) is 0 Å². The molecule has 1 amide bonds. The van der Waals surface area contributed by atoms with E-state index in [0.29, 0.717) is 0 Å². The smallest absolute Gasteiger partial charge is 0.246 e. The lowest BCUT2D eigenvalue weighted by Crippen LogP contribution is -2.32. The first-order valence-corrected chi connectivity index (χ1v) is 2.53. The highest BCUT2D eigenvalue weighted by molar-refractivity contribution is 5.78. The van der Waals surface area contributed by atoms with Crippen molar-refractivity contribution in [3.63, 3.8) is 0 Å². The molecule has 0 aliphatic rings. The number of aliphatic hydroxyl groups excluding tert-OH is 1. The Bertz CT molecular complexity index is 90.4. The van der Waals surface area contributed by atoms with Crippen molar-refractivity contribution in [1.82, 2.24) is 0 Å². The molecule has 0 fully saturated rings. The van der Waals surface area contributed by atoms with Gasteiger partial charge in [-0.1, -0.05) is 13.8 Å². The summed E-state index contributed by atoms with van der Waals surface area (Å²) < 4.78 is 0. The highest BCUT2D eigenvalue weighted by atomic mass is 16.3. The van der Waals surface area contributed by atoms with Gasteiger partial charge in [-0.15, -0.1) is 0 Å². The van der Waals surface area contributed by atoms with Crippen LogP contribution < -0.4 is 5.73 Å². The predicted molar refractivity (Wildman–Crippen MR) is 30.0 cm³/mol. The first-order valence-electron chi connectivity index (χ1n) is 2.53. The van der Waals surface area contributed by atoms with E-state index >= 15 is 0 Å². The Kier molecular flexibility index (Phi) is 2.48. The number of nitrogens with two attached hydrogens (primary N) is 1. The molecule has 3 N–H and O–H groups in total. The van der Waals surface area contributed by atoms with E-state index in [1.807, 2.05) is 0 Å². The van der Waals surface area contributed by atoms with Gasteiger partial charge in [0.15, 0.2) is 0 Å². The molecule has 8 heavy (non-hydrogen) atoms. The van der Waals surface area contributed by atoms with Crippen LogP contribution in [-0.4, -0.2) is 17.1 Å². The number of aliphatic hydroxyl groups is 1. The molecule has 3 nitrogen and oxygen atoms in total. The van der Waals surface area contributed by atoms with Crippen LogP contribution in [-0.2, 0) is 4.79 Å². The number of rotatable bonds is 2. The van der Waals surface area contributed by atoms with Gasteiger partial charge in [0.05, 0.1) is 0 Å². The maximum Gasteiger partial charge on any atom is 0.246 e. The molecule has 0 heterocycles. The highest BCUT2D eigenvalue weighted by Gasteiger charge is 2.13. The lowest BCUT2D eigenvalue weighted by Gasteiger charge is -2.07. The van der Waals surface area contributed by atoms with E-state index in [-0.39, 0.29) is 5.92 Å². The zero-order chi connectivity index (χ0) is 6.73. The van der Waals surface area contributed by atoms with Gasteiger partial charge in [0, 0.05) is 0 Å². The minimum atomic E-state index is -0.991. The van der Waals surface area contributed by atoms with E-state index in [0.717, 1.165) is 0 Å². The number of carbonyl (C=O) groups is 1. The Hall–Kier alpha value is -0.570. The minimum Gasteiger partial charge on any atom is -0.383 e. The van der Waals surface area contributed by atoms with E-state index in [1.165, 1.54) is 0 Å². The SMILES string of the molecule is CC(C)[C@H](O)C(N)=O. The summed E-state index contributed by atoms with van der Waals surface area (Å²) in [5.41, 5.74) is 4.75. The Morgan fingerprint density at radius 2 is 2.00 bits per heavy atom. The van der Waals surface area contributed by atoms with Crippen LogP contribution in [0.3, 0.4) is 0 Å². The van der Waals surface area contributed by atoms with Crippen LogP contribution >= 0.6 is 0 Å². The van der Waals surface area contributed by atoms with E-state index in [2.05, 4.69) is 0 Å². The number of hydrogen-bond donors (Lipinski definition) is 2. The Balaban J connectivity index is 3.64. The van der Waals surface area contributed by atoms with E-state index < -0.39 is 12.0 Å². The molecule has 1 atom stereocenters. The van der Waals surface area contributed by atoms with Gasteiger partial charge >= 0.3 is 0 Å². The fourth-order valence-corrected chi connectivity index (χ4v) is 0.329. The van der Waals surface area contributed by atoms with Crippen molar-refractivity contribution >= 4 is 5.91 Å². The predicted octanol–water partition coefficient (Wildman–Crippen LogP) is -0.511. The topological polar surface area (TPSA) is 63.3 Å². The summed E-state index contributed by atoms with van der Waals surface area (Å²) in [7, 11) is 0. The lowest BCUT2D eigenvalue weighted by atomic mass is 10.1. The number of primary amides is 1. The summed E-state index contributed by atoms with van der Waals surface area (Å²) in [6.07, 6.45) is -0.991. The van der Waals surface area contributed by atoms with Crippen LogP contribution in [0, 0.1) is 5.92 Å². The van der Waals surface area contributed by atoms with Gasteiger partial charge in [-0.25, -0.2) is 0 Å². The second kappa shape index (κ2) is 2.67. The molecule has 0 aromatic heterocycles. The molecule has 48 valence electrons. The molecule has 0 rings (SSSR count). The van der Waals surface area contributed by atoms with Gasteiger partial charge in [0.2, 0.25) is 5.91 Å². The second-order valence-electron chi connectivity index (χ2n) is 2.09. The summed E-state index contributed by atoms with van der Waals surface area (Å²) >= 11 is 0. The Morgan fingerprint density at radius 3 is 2.00 bits per heavy atom. The Labute approximate surface area is 48.5 Å². The molecule has 0 radical (unpaired) electrons. The molecule has 0 bridgehead atoms. The van der Waals surface area contributed by atoms with E-state index in [9.17, 15) is 4.79 Å². The maximum absolute atomic E-state index is 10.1. The second-order valence-corrected chi connectivity index (χ2v) is 2.09. The van der Waals surface area contributed by atoms with Gasteiger partial charge < -0.3 is 10.8 Å². The lowest BCUT2D eigenvalue weighted by molar-refractivity contribution is -0.127. The molecular formula is C5H11NO2. The molecule has 0 aromatic rings. The van der Waals surface area contributed by atoms with E-state index in [1.54, 1.807) is 13.8 Å². The summed E-state index contributed by atoms with van der Waals surface area (Å²) in [6, 6.07) is 0. The summed E-state index contributed by atoms with van der Waals surface area (Å²) in [5.74, 6) is -0.729. The summed E-state index contributed by atoms with van der Waals surface area (Å²) in [4.78, 5) is 10.1. The third-order valence-corrected chi connectivity index (χ3v) is 0.923. The van der Waals surface area contributed by atoms with Crippen LogP contribution in [0.1, 0.15) is 13.8 Å². The monoisotopic (exact) mass is 117 g/mol. The van der Waals surface area contributed by atoms with Crippen LogP contribution in [0.25, 0.3) is 0 Å². The first kappa shape index (κ1) is 7.43. The van der Waals surface area contributed by atoms with Crippen LogP contribution in [0.4, 0.5) is 0 Å². The summed E-state index contributed by atoms with van der Waals surface area (Å²) in [6.45, 7) is 3.46. The molecule has 0 saturated carbocycles. The fraction of sp³-hybridized carbons (Fsp3) is 0.800. The summed E-state index contributed by atoms with van der Waals surface area (Å²) in [5, 5.41) is 8.73. The minimum absolute atomic E-state index is 0.0764. The quantitative estimate of drug-likeness (QED) is 0.511. The molecule has 0 spiro atoms. The normalized spacial score (nSPS) is 14.0. The zero-order valence-corrected chi connectivity index (χ0v) is 5.09. The van der Waals surface area contributed by atoms with Crippen LogP contribution in [0.5, 0.6) is 0 Å². The fourth-order valence-electron chi connectivity index (χ4n) is 0.329. The van der Waals surface area contributed by atoms with Crippen molar-refractivity contribution in [1.29, 1.82) is 0 Å². The molecule has 3 heteroatoms. The molecular weight excluding hydrogens is 106 g/mol. The standard InChI is InChI=1S/C5H11NO2/c1-3(2)4(7)5(6)8/h3-4,7H,1-2H3,(H2,6,8)/t4-/m0/s1. The van der Waals surface area contributed by atoms with Crippen molar-refractivity contribution in [2.75, 3.05) is 0 Å². The highest BCUT2D eigenvalue weighted by Crippen LogP contribution is 1.98. The van der Waals surface area contributed by atoms with Crippen molar-refractivity contribution < 1.29 is 9.90 Å². The average Bonchev–Trinajstić information content (AvgIpc) is 1.64. The first-order chi connectivity index (χ1) is 3.55. The molecule has 0 saturated heterocycles. The van der Waals surface area contributed by atoms with Gasteiger partial charge in [-0.3, -0.25) is 4.79 Å². The number of carbonyl (C=O) groups excluding carboxylic acids is 1. The van der Waals surface area contributed by atoms with Crippen molar-refractivity contribution in [2.24, 2.45) is 11.7 Å². The van der Waals surface area contributed by atoms with Gasteiger partial charge in [0.25, 0.3) is 0 Å². The molecule has 0 aliphatic heterocycles. The molecule has 0 aliphatic carbocycles. The van der Waals surface area contributed by atoms with Crippen molar-refractivity contribution in [2.45, 2.75) is 20.0 Å². The van der Waals surface area contributed by atoms with Gasteiger partial charge in [0.1, 0.15) is 6.10 Å².